The molecule has 0 saturated heterocycles. The van der Waals surface area contributed by atoms with Crippen molar-refractivity contribution in [2.24, 2.45) is 0 Å². The first-order chi connectivity index (χ1) is 4.96. The van der Waals surface area contributed by atoms with Crippen molar-refractivity contribution in [2.75, 3.05) is 0 Å². The summed E-state index contributed by atoms with van der Waals surface area (Å²) in [6.07, 6.45) is -5.64. The van der Waals surface area contributed by atoms with Crippen LogP contribution in [-0.2, 0) is 9.09 Å². The molecule has 0 amide bonds. The monoisotopic (exact) mass is 216 g/mol. The van der Waals surface area contributed by atoms with Gasteiger partial charge in [-0.1, -0.05) is 0 Å². The Balaban J connectivity index is 4.56. The van der Waals surface area contributed by atoms with Crippen molar-refractivity contribution in [1.29, 1.82) is 0 Å². The predicted molar refractivity (Wildman–Crippen MR) is 26.5 cm³/mol. The summed E-state index contributed by atoms with van der Waals surface area (Å²) in [7, 11) is -6.48. The van der Waals surface area contributed by atoms with Crippen molar-refractivity contribution >= 4 is 7.99 Å². The van der Waals surface area contributed by atoms with E-state index >= 15 is 0 Å². The Labute approximate surface area is 63.2 Å². The van der Waals surface area contributed by atoms with Crippen molar-refractivity contribution in [3.05, 3.63) is 0 Å². The van der Waals surface area contributed by atoms with Gasteiger partial charge in [0.05, 0.1) is 0 Å². The van der Waals surface area contributed by atoms with Gasteiger partial charge in [-0.05, 0) is 0 Å². The normalized spacial score (nSPS) is 18.9. The minimum absolute atomic E-state index is 0.293. The zero-order valence-corrected chi connectivity index (χ0v) is 6.43. The van der Waals surface area contributed by atoms with Crippen molar-refractivity contribution in [3.8, 4) is 0 Å². The van der Waals surface area contributed by atoms with Crippen LogP contribution in [0.15, 0.2) is 0 Å². The Bertz CT molecular complexity index is 203. The first-order valence-electron chi connectivity index (χ1n) is 2.41. The highest BCUT2D eigenvalue weighted by Crippen LogP contribution is 2.56. The van der Waals surface area contributed by atoms with Crippen molar-refractivity contribution < 1.29 is 35.0 Å². The van der Waals surface area contributed by atoms with Crippen LogP contribution in [0.3, 0.4) is 0 Å². The lowest BCUT2D eigenvalue weighted by atomic mass is 10.4. The highest BCUT2D eigenvalue weighted by Gasteiger charge is 2.57. The SMILES string of the molecule is CC(F)(OP(=O)(F)F)C(F)(F)F. The zero-order valence-electron chi connectivity index (χ0n) is 5.53. The smallest absolute Gasteiger partial charge is 0.233 e. The molecule has 0 aromatic carbocycles. The Morgan fingerprint density at radius 1 is 1.17 bits per heavy atom. The summed E-state index contributed by atoms with van der Waals surface area (Å²) < 4.78 is 80.8. The molecule has 1 atom stereocenters. The topological polar surface area (TPSA) is 26.3 Å². The fourth-order valence-corrected chi connectivity index (χ4v) is 0.754. The molecule has 9 heteroatoms. The maximum Gasteiger partial charge on any atom is 0.555 e. The van der Waals surface area contributed by atoms with Gasteiger partial charge in [-0.25, -0.2) is 13.5 Å². The molecular formula is C3H3F6O2P. The standard InChI is InChI=1S/C3H3F6O2P/c1-2(4,3(5,6)7)11-12(8,9)10/h1H3. The van der Waals surface area contributed by atoms with E-state index in [2.05, 4.69) is 4.52 Å². The fraction of sp³-hybridized carbons (Fsp3) is 1.00. The average Bonchev–Trinajstić information content (AvgIpc) is 1.52. The van der Waals surface area contributed by atoms with E-state index in [0.29, 0.717) is 0 Å². The molecule has 1 unspecified atom stereocenters. The molecule has 0 N–H and O–H groups in total. The van der Waals surface area contributed by atoms with Crippen LogP contribution in [0.1, 0.15) is 6.92 Å². The number of halogens is 6. The Morgan fingerprint density at radius 2 is 1.50 bits per heavy atom. The predicted octanol–water partition coefficient (Wildman–Crippen LogP) is 3.30. The maximum atomic E-state index is 12.1. The van der Waals surface area contributed by atoms with E-state index in [9.17, 15) is 30.5 Å². The fourth-order valence-electron chi connectivity index (χ4n) is 0.251. The molecule has 0 fully saturated rings. The lowest BCUT2D eigenvalue weighted by Crippen LogP contribution is -2.38. The van der Waals surface area contributed by atoms with E-state index in [-0.39, 0.29) is 6.92 Å². The largest absolute Gasteiger partial charge is 0.555 e. The van der Waals surface area contributed by atoms with E-state index in [1.54, 1.807) is 0 Å². The van der Waals surface area contributed by atoms with E-state index in [4.69, 9.17) is 0 Å². The van der Waals surface area contributed by atoms with Gasteiger partial charge in [0.15, 0.2) is 0 Å². The van der Waals surface area contributed by atoms with Gasteiger partial charge in [-0.15, -0.1) is 8.39 Å². The van der Waals surface area contributed by atoms with E-state index < -0.39 is 20.0 Å². The summed E-state index contributed by atoms with van der Waals surface area (Å²) >= 11 is 0. The molecule has 0 bridgehead atoms. The van der Waals surface area contributed by atoms with Crippen LogP contribution < -0.4 is 0 Å². The van der Waals surface area contributed by atoms with Gasteiger partial charge in [-0.3, -0.25) is 0 Å². The van der Waals surface area contributed by atoms with Gasteiger partial charge in [0.25, 0.3) is 0 Å². The molecule has 0 aromatic rings. The van der Waals surface area contributed by atoms with Crippen LogP contribution in [-0.4, -0.2) is 12.0 Å². The summed E-state index contributed by atoms with van der Waals surface area (Å²) in [6.45, 7) is -0.293. The van der Waals surface area contributed by atoms with Gasteiger partial charge in [-0.2, -0.15) is 13.2 Å². The zero-order chi connectivity index (χ0) is 10.2. The molecule has 0 spiro atoms. The van der Waals surface area contributed by atoms with Crippen molar-refractivity contribution in [3.63, 3.8) is 0 Å². The van der Waals surface area contributed by atoms with Gasteiger partial charge >= 0.3 is 20.0 Å². The number of hydrogen-bond acceptors (Lipinski definition) is 2. The third-order valence-electron chi connectivity index (χ3n) is 0.784. The van der Waals surface area contributed by atoms with Crippen LogP contribution in [0, 0.1) is 0 Å². The quantitative estimate of drug-likeness (QED) is 0.522. The van der Waals surface area contributed by atoms with Crippen molar-refractivity contribution in [1.82, 2.24) is 0 Å². The molecule has 0 aliphatic rings. The summed E-state index contributed by atoms with van der Waals surface area (Å²) in [5.74, 6) is -4.59. The number of rotatable bonds is 2. The molecule has 0 saturated carbocycles. The second-order valence-corrected chi connectivity index (χ2v) is 2.93. The Kier molecular flexibility index (Phi) is 2.86. The minimum Gasteiger partial charge on any atom is -0.233 e. The molecule has 0 rings (SSSR count). The second-order valence-electron chi connectivity index (χ2n) is 1.92. The third kappa shape index (κ3) is 3.44. The van der Waals surface area contributed by atoms with E-state index in [1.807, 2.05) is 0 Å². The summed E-state index contributed by atoms with van der Waals surface area (Å²) in [4.78, 5) is 0. The summed E-state index contributed by atoms with van der Waals surface area (Å²) in [6, 6.07) is 0. The van der Waals surface area contributed by atoms with Crippen LogP contribution in [0.5, 0.6) is 0 Å². The van der Waals surface area contributed by atoms with Crippen LogP contribution in [0.25, 0.3) is 0 Å². The molecule has 0 heterocycles. The average molecular weight is 216 g/mol. The van der Waals surface area contributed by atoms with Crippen LogP contribution >= 0.6 is 7.99 Å². The molecule has 12 heavy (non-hydrogen) atoms. The Hall–Kier alpha value is -0.230. The molecule has 2 nitrogen and oxygen atoms in total. The maximum absolute atomic E-state index is 12.1. The third-order valence-corrected chi connectivity index (χ3v) is 1.34. The van der Waals surface area contributed by atoms with Crippen LogP contribution in [0.4, 0.5) is 26.0 Å². The van der Waals surface area contributed by atoms with Gasteiger partial charge < -0.3 is 0 Å². The first-order valence-corrected chi connectivity index (χ1v) is 3.82. The highest BCUT2D eigenvalue weighted by atomic mass is 31.2. The second kappa shape index (κ2) is 2.92. The highest BCUT2D eigenvalue weighted by molar-refractivity contribution is 7.47. The van der Waals surface area contributed by atoms with Gasteiger partial charge in [0, 0.05) is 6.92 Å². The molecule has 0 aliphatic carbocycles. The van der Waals surface area contributed by atoms with Crippen LogP contribution in [0.2, 0.25) is 0 Å². The van der Waals surface area contributed by atoms with Crippen molar-refractivity contribution in [2.45, 2.75) is 19.0 Å². The number of hydrogen-bond donors (Lipinski definition) is 0. The first kappa shape index (κ1) is 11.8. The lowest BCUT2D eigenvalue weighted by Gasteiger charge is -2.21. The Morgan fingerprint density at radius 3 is 1.58 bits per heavy atom. The van der Waals surface area contributed by atoms with Gasteiger partial charge in [0.1, 0.15) is 0 Å². The minimum atomic E-state index is -6.48. The molecule has 0 aliphatic heterocycles. The van der Waals surface area contributed by atoms with E-state index in [1.165, 1.54) is 0 Å². The lowest BCUT2D eigenvalue weighted by molar-refractivity contribution is -0.296. The van der Waals surface area contributed by atoms with Gasteiger partial charge in [0.2, 0.25) is 0 Å². The number of alkyl halides is 4. The molecule has 74 valence electrons. The molecular weight excluding hydrogens is 213 g/mol. The summed E-state index contributed by atoms with van der Waals surface area (Å²) in [5.41, 5.74) is 0. The van der Waals surface area contributed by atoms with E-state index in [0.717, 1.165) is 0 Å². The summed E-state index contributed by atoms with van der Waals surface area (Å²) in [5, 5.41) is 0. The molecule has 0 aromatic heterocycles. The molecule has 0 radical (unpaired) electrons.